The minimum atomic E-state index is -2.89. The summed E-state index contributed by atoms with van der Waals surface area (Å²) in [5, 5.41) is 12.2. The standard InChI is InChI=1S/C40H43F2N9O6/c41-35(42)34-29(45-36(53)30-22-57-38(46-30)25-11-14-43-32(19-25)44-20-24-5-6-24)21-50(48-34)26-12-16-49(17-13-26)15-3-1-2-4-23-7-8-27-28(18-23)40(56)51(39(27)55)31-9-10-33(52)47-37(31)54/h7-8,11,14,18-19,21-22,24,26,31,35H,1-6,9-10,12-13,15-17,20H2,(H,43,44)(H,45,53)(H,47,52,54). The third kappa shape index (κ3) is 8.48. The summed E-state index contributed by atoms with van der Waals surface area (Å²) in [6.07, 6.45) is 8.93. The molecule has 15 nitrogen and oxygen atoms in total. The lowest BCUT2D eigenvalue weighted by molar-refractivity contribution is -0.136. The molecule has 2 saturated heterocycles. The molecule has 1 saturated carbocycles. The fraction of sp³-hybridized carbons (Fsp3) is 0.450. The summed E-state index contributed by atoms with van der Waals surface area (Å²) < 4.78 is 35.3. The number of oxazole rings is 1. The van der Waals surface area contributed by atoms with Gasteiger partial charge in [-0.3, -0.25) is 38.9 Å². The van der Waals surface area contributed by atoms with Crippen molar-refractivity contribution in [3.05, 3.63) is 77.1 Å². The molecular weight excluding hydrogens is 740 g/mol. The van der Waals surface area contributed by atoms with Crippen molar-refractivity contribution < 1.29 is 37.2 Å². The van der Waals surface area contributed by atoms with Crippen LogP contribution in [0.1, 0.15) is 113 Å². The van der Waals surface area contributed by atoms with Crippen molar-refractivity contribution in [2.24, 2.45) is 5.92 Å². The second kappa shape index (κ2) is 16.3. The molecule has 1 atom stereocenters. The first kappa shape index (κ1) is 38.1. The molecule has 0 bridgehead atoms. The van der Waals surface area contributed by atoms with Crippen molar-refractivity contribution >= 4 is 41.0 Å². The van der Waals surface area contributed by atoms with Gasteiger partial charge in [-0.1, -0.05) is 12.5 Å². The van der Waals surface area contributed by atoms with Crippen molar-refractivity contribution in [3.63, 3.8) is 0 Å². The largest absolute Gasteiger partial charge is 0.444 e. The maximum atomic E-state index is 14.1. The highest BCUT2D eigenvalue weighted by Gasteiger charge is 2.44. The number of carbonyl (C=O) groups excluding carboxylic acids is 5. The molecule has 3 aromatic heterocycles. The summed E-state index contributed by atoms with van der Waals surface area (Å²) >= 11 is 0. The quantitative estimate of drug-likeness (QED) is 0.104. The van der Waals surface area contributed by atoms with Gasteiger partial charge < -0.3 is 20.0 Å². The number of carbonyl (C=O) groups is 5. The number of hydrogen-bond donors (Lipinski definition) is 3. The van der Waals surface area contributed by atoms with Crippen LogP contribution in [0.4, 0.5) is 20.3 Å². The monoisotopic (exact) mass is 783 g/mol. The van der Waals surface area contributed by atoms with E-state index in [1.54, 1.807) is 30.5 Å². The van der Waals surface area contributed by atoms with Gasteiger partial charge >= 0.3 is 0 Å². The highest BCUT2D eigenvalue weighted by molar-refractivity contribution is 6.23. The van der Waals surface area contributed by atoms with Crippen LogP contribution in [-0.2, 0) is 16.0 Å². The third-order valence-electron chi connectivity index (χ3n) is 11.1. The number of nitrogens with one attached hydrogen (secondary N) is 3. The second-order valence-electron chi connectivity index (χ2n) is 15.2. The summed E-state index contributed by atoms with van der Waals surface area (Å²) in [5.74, 6) is -1.19. The van der Waals surface area contributed by atoms with E-state index >= 15 is 0 Å². The van der Waals surface area contributed by atoms with E-state index in [0.29, 0.717) is 30.1 Å². The van der Waals surface area contributed by atoms with E-state index in [0.717, 1.165) is 62.3 Å². The van der Waals surface area contributed by atoms with E-state index in [9.17, 15) is 32.8 Å². The molecule has 0 spiro atoms. The molecule has 298 valence electrons. The normalized spacial score (nSPS) is 19.0. The zero-order chi connectivity index (χ0) is 39.6. The number of aryl methyl sites for hydroxylation is 1. The van der Waals surface area contributed by atoms with Gasteiger partial charge in [-0.05, 0) is 93.7 Å². The van der Waals surface area contributed by atoms with Gasteiger partial charge in [0.25, 0.3) is 24.1 Å². The predicted octanol–water partition coefficient (Wildman–Crippen LogP) is 5.40. The molecule has 1 unspecified atom stereocenters. The van der Waals surface area contributed by atoms with Crippen molar-refractivity contribution in [2.75, 3.05) is 36.8 Å². The molecule has 1 aromatic carbocycles. The number of likely N-dealkylation sites (tertiary alicyclic amines) is 1. The number of piperidine rings is 2. The lowest BCUT2D eigenvalue weighted by Crippen LogP contribution is -2.54. The van der Waals surface area contributed by atoms with E-state index in [4.69, 9.17) is 4.42 Å². The van der Waals surface area contributed by atoms with Crippen LogP contribution in [0.15, 0.2) is 53.4 Å². The number of fused-ring (bicyclic) bond motifs is 1. The Labute approximate surface area is 326 Å². The average molecular weight is 784 g/mol. The highest BCUT2D eigenvalue weighted by Crippen LogP contribution is 2.32. The molecule has 3 fully saturated rings. The van der Waals surface area contributed by atoms with Crippen LogP contribution < -0.4 is 16.0 Å². The van der Waals surface area contributed by atoms with E-state index in [-0.39, 0.29) is 47.3 Å². The molecule has 6 heterocycles. The Morgan fingerprint density at radius 1 is 0.965 bits per heavy atom. The molecule has 4 aliphatic rings. The molecule has 8 rings (SSSR count). The van der Waals surface area contributed by atoms with Crippen molar-refractivity contribution in [1.29, 1.82) is 0 Å². The van der Waals surface area contributed by atoms with Crippen LogP contribution in [0.5, 0.6) is 0 Å². The molecule has 0 radical (unpaired) electrons. The number of benzene rings is 1. The molecule has 17 heteroatoms. The van der Waals surface area contributed by atoms with Gasteiger partial charge in [-0.25, -0.2) is 18.7 Å². The van der Waals surface area contributed by atoms with Gasteiger partial charge in [0, 0.05) is 44.0 Å². The molecular formula is C40H43F2N9O6. The number of unbranched alkanes of at least 4 members (excludes halogenated alkanes) is 2. The molecule has 57 heavy (non-hydrogen) atoms. The zero-order valence-electron chi connectivity index (χ0n) is 31.2. The molecule has 3 N–H and O–H groups in total. The number of nitrogens with zero attached hydrogens (tertiary/aromatic N) is 6. The third-order valence-corrected chi connectivity index (χ3v) is 11.1. The maximum absolute atomic E-state index is 14.1. The Morgan fingerprint density at radius 3 is 2.54 bits per heavy atom. The second-order valence-corrected chi connectivity index (χ2v) is 15.2. The smallest absolute Gasteiger partial charge is 0.284 e. The van der Waals surface area contributed by atoms with Crippen molar-refractivity contribution in [1.82, 2.24) is 34.9 Å². The number of anilines is 2. The minimum absolute atomic E-state index is 0.0483. The van der Waals surface area contributed by atoms with Crippen LogP contribution in [0, 0.1) is 5.92 Å². The Morgan fingerprint density at radius 2 is 1.77 bits per heavy atom. The first-order valence-electron chi connectivity index (χ1n) is 19.5. The number of alkyl halides is 2. The molecule has 5 amide bonds. The van der Waals surface area contributed by atoms with Crippen LogP contribution in [0.3, 0.4) is 0 Å². The van der Waals surface area contributed by atoms with Gasteiger partial charge in [0.15, 0.2) is 11.4 Å². The lowest BCUT2D eigenvalue weighted by Gasteiger charge is -2.32. The van der Waals surface area contributed by atoms with Crippen molar-refractivity contribution in [3.8, 4) is 11.5 Å². The van der Waals surface area contributed by atoms with Crippen LogP contribution in [0.25, 0.3) is 11.5 Å². The van der Waals surface area contributed by atoms with Gasteiger partial charge in [-0.15, -0.1) is 0 Å². The number of hydrogen-bond acceptors (Lipinski definition) is 11. The van der Waals surface area contributed by atoms with Crippen molar-refractivity contribution in [2.45, 2.75) is 82.7 Å². The number of amides is 5. The van der Waals surface area contributed by atoms with Crippen LogP contribution in [-0.4, -0.2) is 91.3 Å². The predicted molar refractivity (Wildman–Crippen MR) is 201 cm³/mol. The van der Waals surface area contributed by atoms with Crippen LogP contribution in [0.2, 0.25) is 0 Å². The Kier molecular flexibility index (Phi) is 10.9. The van der Waals surface area contributed by atoms with E-state index in [2.05, 4.69) is 35.9 Å². The number of pyridine rings is 1. The van der Waals surface area contributed by atoms with Gasteiger partial charge in [-0.2, -0.15) is 5.10 Å². The van der Waals surface area contributed by atoms with E-state index < -0.39 is 47.7 Å². The summed E-state index contributed by atoms with van der Waals surface area (Å²) in [7, 11) is 0. The fourth-order valence-corrected chi connectivity index (χ4v) is 7.70. The summed E-state index contributed by atoms with van der Waals surface area (Å²) in [4.78, 5) is 75.0. The van der Waals surface area contributed by atoms with Gasteiger partial charge in [0.1, 0.15) is 18.1 Å². The van der Waals surface area contributed by atoms with E-state index in [1.807, 2.05) is 6.07 Å². The van der Waals surface area contributed by atoms with E-state index in [1.165, 1.54) is 30.0 Å². The SMILES string of the molecule is O=C1CCC(N2C(=O)c3ccc(CCCCCN4CCC(n5cc(NC(=O)c6coc(-c7ccnc(NCC8CC8)c7)n6)c(C(F)F)n5)CC4)cc3C2=O)C(=O)N1. The molecule has 4 aromatic rings. The number of halogens is 2. The molecule has 3 aliphatic heterocycles. The Balaban J connectivity index is 0.787. The Hall–Kier alpha value is -5.84. The zero-order valence-corrected chi connectivity index (χ0v) is 31.2. The topological polar surface area (TPSA) is 185 Å². The fourth-order valence-electron chi connectivity index (χ4n) is 7.70. The number of aromatic nitrogens is 4. The lowest BCUT2D eigenvalue weighted by atomic mass is 10.0. The summed E-state index contributed by atoms with van der Waals surface area (Å²) in [5.41, 5.74) is 1.50. The average Bonchev–Trinajstić information content (AvgIpc) is 3.62. The number of rotatable bonds is 15. The molecule has 1 aliphatic carbocycles. The van der Waals surface area contributed by atoms with Crippen LogP contribution >= 0.6 is 0 Å². The summed E-state index contributed by atoms with van der Waals surface area (Å²) in [6.45, 7) is 3.26. The Bertz CT molecular complexity index is 2190. The highest BCUT2D eigenvalue weighted by atomic mass is 19.3. The number of imide groups is 2. The first-order valence-corrected chi connectivity index (χ1v) is 19.5. The summed E-state index contributed by atoms with van der Waals surface area (Å²) in [6, 6.07) is 7.63. The maximum Gasteiger partial charge on any atom is 0.284 e. The van der Waals surface area contributed by atoms with Gasteiger partial charge in [0.05, 0.1) is 22.9 Å². The van der Waals surface area contributed by atoms with Gasteiger partial charge in [0.2, 0.25) is 17.7 Å². The minimum Gasteiger partial charge on any atom is -0.444 e. The first-order chi connectivity index (χ1) is 27.6.